The summed E-state index contributed by atoms with van der Waals surface area (Å²) in [4.78, 5) is 7.57. The summed E-state index contributed by atoms with van der Waals surface area (Å²) in [6.07, 6.45) is 4.53. The SMILES string of the molecule is Nc1ncc(-n2cnnn2)cn1. The van der Waals surface area contributed by atoms with Gasteiger partial charge in [0.15, 0.2) is 0 Å². The van der Waals surface area contributed by atoms with Gasteiger partial charge in [-0.15, -0.1) is 5.10 Å². The fraction of sp³-hybridized carbons (Fsp3) is 0. The first-order chi connectivity index (χ1) is 5.86. The molecule has 0 bridgehead atoms. The van der Waals surface area contributed by atoms with Crippen molar-refractivity contribution in [3.63, 3.8) is 0 Å². The van der Waals surface area contributed by atoms with E-state index >= 15 is 0 Å². The van der Waals surface area contributed by atoms with Crippen LogP contribution in [0.3, 0.4) is 0 Å². The number of tetrazole rings is 1. The number of hydrogen-bond acceptors (Lipinski definition) is 6. The number of hydrogen-bond donors (Lipinski definition) is 1. The molecule has 0 atom stereocenters. The lowest BCUT2D eigenvalue weighted by atomic mass is 10.5. The summed E-state index contributed by atoms with van der Waals surface area (Å²) in [6, 6.07) is 0. The van der Waals surface area contributed by atoms with Crippen LogP contribution in [0.25, 0.3) is 5.69 Å². The van der Waals surface area contributed by atoms with Gasteiger partial charge in [-0.2, -0.15) is 4.68 Å². The van der Waals surface area contributed by atoms with Crippen LogP contribution in [0.1, 0.15) is 0 Å². The minimum atomic E-state index is 0.229. The van der Waals surface area contributed by atoms with E-state index in [-0.39, 0.29) is 5.95 Å². The van der Waals surface area contributed by atoms with Crippen LogP contribution in [0, 0.1) is 0 Å². The minimum absolute atomic E-state index is 0.229. The zero-order valence-electron chi connectivity index (χ0n) is 5.99. The predicted molar refractivity (Wildman–Crippen MR) is 39.2 cm³/mol. The van der Waals surface area contributed by atoms with Gasteiger partial charge in [0.1, 0.15) is 12.0 Å². The van der Waals surface area contributed by atoms with Crippen molar-refractivity contribution in [2.45, 2.75) is 0 Å². The molecule has 2 heterocycles. The number of aromatic nitrogens is 6. The number of nitrogens with two attached hydrogens (primary N) is 1. The molecule has 0 radical (unpaired) electrons. The van der Waals surface area contributed by atoms with Crippen molar-refractivity contribution in [2.75, 3.05) is 5.73 Å². The van der Waals surface area contributed by atoms with E-state index in [0.717, 1.165) is 0 Å². The Morgan fingerprint density at radius 1 is 1.25 bits per heavy atom. The first kappa shape index (κ1) is 6.65. The predicted octanol–water partition coefficient (Wildman–Crippen LogP) is -0.966. The number of nitrogens with zero attached hydrogens (tertiary/aromatic N) is 6. The molecule has 0 aliphatic rings. The second kappa shape index (κ2) is 2.53. The fourth-order valence-corrected chi connectivity index (χ4v) is 0.729. The first-order valence-electron chi connectivity index (χ1n) is 3.17. The van der Waals surface area contributed by atoms with Crippen LogP contribution in [0.15, 0.2) is 18.7 Å². The molecule has 0 aliphatic heterocycles. The summed E-state index contributed by atoms with van der Waals surface area (Å²) in [5.41, 5.74) is 5.97. The molecule has 0 spiro atoms. The maximum absolute atomic E-state index is 5.30. The van der Waals surface area contributed by atoms with E-state index in [9.17, 15) is 0 Å². The second-order valence-corrected chi connectivity index (χ2v) is 2.05. The summed E-state index contributed by atoms with van der Waals surface area (Å²) in [5, 5.41) is 10.6. The number of rotatable bonds is 1. The second-order valence-electron chi connectivity index (χ2n) is 2.05. The van der Waals surface area contributed by atoms with E-state index < -0.39 is 0 Å². The van der Waals surface area contributed by atoms with Crippen LogP contribution in [0.4, 0.5) is 5.95 Å². The van der Waals surface area contributed by atoms with Crippen molar-refractivity contribution in [1.29, 1.82) is 0 Å². The van der Waals surface area contributed by atoms with Crippen molar-refractivity contribution in [1.82, 2.24) is 30.2 Å². The summed E-state index contributed by atoms with van der Waals surface area (Å²) >= 11 is 0. The first-order valence-corrected chi connectivity index (χ1v) is 3.17. The van der Waals surface area contributed by atoms with Gasteiger partial charge in [0, 0.05) is 0 Å². The Morgan fingerprint density at radius 2 is 2.00 bits per heavy atom. The van der Waals surface area contributed by atoms with Crippen LogP contribution in [0.5, 0.6) is 0 Å². The molecule has 0 aromatic carbocycles. The van der Waals surface area contributed by atoms with Crippen LogP contribution >= 0.6 is 0 Å². The molecule has 0 saturated heterocycles. The smallest absolute Gasteiger partial charge is 0.220 e. The molecule has 12 heavy (non-hydrogen) atoms. The third-order valence-corrected chi connectivity index (χ3v) is 1.27. The van der Waals surface area contributed by atoms with E-state index in [1.807, 2.05) is 0 Å². The maximum atomic E-state index is 5.30. The third-order valence-electron chi connectivity index (χ3n) is 1.27. The molecule has 60 valence electrons. The van der Waals surface area contributed by atoms with E-state index in [1.54, 1.807) is 12.4 Å². The van der Waals surface area contributed by atoms with Crippen molar-refractivity contribution >= 4 is 5.95 Å². The van der Waals surface area contributed by atoms with Gasteiger partial charge in [-0.25, -0.2) is 9.97 Å². The molecule has 0 saturated carbocycles. The molecule has 2 N–H and O–H groups in total. The van der Waals surface area contributed by atoms with Crippen LogP contribution < -0.4 is 5.73 Å². The third kappa shape index (κ3) is 1.07. The zero-order valence-corrected chi connectivity index (χ0v) is 5.99. The molecule has 2 aromatic rings. The molecule has 0 aliphatic carbocycles. The lowest BCUT2D eigenvalue weighted by Crippen LogP contribution is -1.99. The average molecular weight is 163 g/mol. The normalized spacial score (nSPS) is 10.0. The van der Waals surface area contributed by atoms with Gasteiger partial charge < -0.3 is 5.73 Å². The molecular formula is C5H5N7. The van der Waals surface area contributed by atoms with Crippen molar-refractivity contribution < 1.29 is 0 Å². The molecule has 7 heteroatoms. The Bertz CT molecular complexity index is 350. The molecule has 0 amide bonds. The van der Waals surface area contributed by atoms with Gasteiger partial charge in [-0.05, 0) is 10.4 Å². The fourth-order valence-electron chi connectivity index (χ4n) is 0.729. The standard InChI is InChI=1S/C5H5N7/c6-5-7-1-4(2-8-5)12-3-9-10-11-12/h1-3H,(H2,6,7,8). The van der Waals surface area contributed by atoms with Gasteiger partial charge in [-0.1, -0.05) is 0 Å². The zero-order chi connectivity index (χ0) is 8.39. The summed E-state index contributed by atoms with van der Waals surface area (Å²) in [6.45, 7) is 0. The van der Waals surface area contributed by atoms with Crippen LogP contribution in [0.2, 0.25) is 0 Å². The minimum Gasteiger partial charge on any atom is -0.368 e. The van der Waals surface area contributed by atoms with Crippen molar-refractivity contribution in [2.24, 2.45) is 0 Å². The van der Waals surface area contributed by atoms with Gasteiger partial charge >= 0.3 is 0 Å². The van der Waals surface area contributed by atoms with E-state index in [0.29, 0.717) is 5.69 Å². The maximum Gasteiger partial charge on any atom is 0.220 e. The molecule has 2 aromatic heterocycles. The van der Waals surface area contributed by atoms with E-state index in [2.05, 4.69) is 25.5 Å². The molecule has 0 fully saturated rings. The number of nitrogen functional groups attached to an aromatic ring is 1. The quantitative estimate of drug-likeness (QED) is 0.581. The summed E-state index contributed by atoms with van der Waals surface area (Å²) < 4.78 is 1.44. The highest BCUT2D eigenvalue weighted by Crippen LogP contribution is 2.00. The topological polar surface area (TPSA) is 95.4 Å². The summed E-state index contributed by atoms with van der Waals surface area (Å²) in [7, 11) is 0. The van der Waals surface area contributed by atoms with E-state index in [4.69, 9.17) is 5.73 Å². The average Bonchev–Trinajstić information content (AvgIpc) is 2.58. The van der Waals surface area contributed by atoms with Crippen molar-refractivity contribution in [3.05, 3.63) is 18.7 Å². The highest BCUT2D eigenvalue weighted by atomic mass is 15.5. The molecule has 7 nitrogen and oxygen atoms in total. The van der Waals surface area contributed by atoms with Gasteiger partial charge in [0.05, 0.1) is 12.4 Å². The highest BCUT2D eigenvalue weighted by molar-refractivity contribution is 5.27. The van der Waals surface area contributed by atoms with Gasteiger partial charge in [0.2, 0.25) is 5.95 Å². The van der Waals surface area contributed by atoms with Gasteiger partial charge in [-0.3, -0.25) is 0 Å². The Labute approximate surface area is 67.3 Å². The Kier molecular flexibility index (Phi) is 1.40. The number of anilines is 1. The van der Waals surface area contributed by atoms with E-state index in [1.165, 1.54) is 11.0 Å². The lowest BCUT2D eigenvalue weighted by Gasteiger charge is -1.96. The van der Waals surface area contributed by atoms with Gasteiger partial charge in [0.25, 0.3) is 0 Å². The monoisotopic (exact) mass is 163 g/mol. The molecule has 0 unspecified atom stereocenters. The molecular weight excluding hydrogens is 158 g/mol. The lowest BCUT2D eigenvalue weighted by molar-refractivity contribution is 0.782. The Morgan fingerprint density at radius 3 is 2.58 bits per heavy atom. The molecule has 2 rings (SSSR count). The Hall–Kier alpha value is -2.05. The van der Waals surface area contributed by atoms with Crippen LogP contribution in [-0.2, 0) is 0 Å². The van der Waals surface area contributed by atoms with Crippen molar-refractivity contribution in [3.8, 4) is 5.69 Å². The Balaban J connectivity index is 2.43. The largest absolute Gasteiger partial charge is 0.368 e. The van der Waals surface area contributed by atoms with Crippen LogP contribution in [-0.4, -0.2) is 30.2 Å². The highest BCUT2D eigenvalue weighted by Gasteiger charge is 1.97. The summed E-state index contributed by atoms with van der Waals surface area (Å²) in [5.74, 6) is 0.229.